The van der Waals surface area contributed by atoms with Crippen LogP contribution in [-0.2, 0) is 0 Å². The fraction of sp³-hybridized carbons (Fsp3) is 0.400. The third kappa shape index (κ3) is 3.14. The molecule has 4 nitrogen and oxygen atoms in total. The lowest BCUT2D eigenvalue weighted by atomic mass is 9.79. The highest BCUT2D eigenvalue weighted by Crippen LogP contribution is 2.16. The van der Waals surface area contributed by atoms with Crippen LogP contribution in [0, 0.1) is 0 Å². The van der Waals surface area contributed by atoms with E-state index in [1.807, 2.05) is 13.8 Å². The summed E-state index contributed by atoms with van der Waals surface area (Å²) >= 11 is 0. The summed E-state index contributed by atoms with van der Waals surface area (Å²) in [6.45, 7) is 4.72. The lowest BCUT2D eigenvalue weighted by Crippen LogP contribution is -2.31. The predicted molar refractivity (Wildman–Crippen MR) is 58.6 cm³/mol. The van der Waals surface area contributed by atoms with Gasteiger partial charge in [0, 0.05) is 5.46 Å². The molecular formula is C10H15BO4. The predicted octanol–water partition coefficient (Wildman–Crippen LogP) is 0.164. The fourth-order valence-electron chi connectivity index (χ4n) is 1.27. The minimum atomic E-state index is -1.55. The second-order valence-corrected chi connectivity index (χ2v) is 2.94. The Morgan fingerprint density at radius 2 is 1.80 bits per heavy atom. The summed E-state index contributed by atoms with van der Waals surface area (Å²) < 4.78 is 10.5. The first-order chi connectivity index (χ1) is 7.19. The van der Waals surface area contributed by atoms with Crippen molar-refractivity contribution < 1.29 is 19.5 Å². The average Bonchev–Trinajstić information content (AvgIpc) is 2.21. The van der Waals surface area contributed by atoms with Crippen LogP contribution in [0.5, 0.6) is 11.5 Å². The maximum atomic E-state index is 9.14. The molecule has 0 unspecified atom stereocenters. The molecule has 15 heavy (non-hydrogen) atoms. The number of rotatable bonds is 5. The van der Waals surface area contributed by atoms with E-state index in [4.69, 9.17) is 19.5 Å². The standard InChI is InChI=1S/C10H15BO4/c1-3-14-8-5-6-10(15-4-2)9(7-8)11(12)13/h5-7,12-13H,3-4H2,1-2H3. The highest BCUT2D eigenvalue weighted by atomic mass is 16.5. The normalized spacial score (nSPS) is 9.87. The van der Waals surface area contributed by atoms with Gasteiger partial charge in [-0.1, -0.05) is 0 Å². The minimum Gasteiger partial charge on any atom is -0.494 e. The van der Waals surface area contributed by atoms with E-state index in [1.54, 1.807) is 18.2 Å². The van der Waals surface area contributed by atoms with E-state index in [1.165, 1.54) is 0 Å². The van der Waals surface area contributed by atoms with Crippen molar-refractivity contribution in [3.63, 3.8) is 0 Å². The first-order valence-electron chi connectivity index (χ1n) is 4.94. The summed E-state index contributed by atoms with van der Waals surface area (Å²) in [6, 6.07) is 4.97. The molecule has 1 aromatic carbocycles. The highest BCUT2D eigenvalue weighted by Gasteiger charge is 2.17. The fourth-order valence-corrected chi connectivity index (χ4v) is 1.27. The quantitative estimate of drug-likeness (QED) is 0.680. The number of benzene rings is 1. The molecule has 5 heteroatoms. The van der Waals surface area contributed by atoms with Crippen molar-refractivity contribution in [2.45, 2.75) is 13.8 Å². The third-order valence-corrected chi connectivity index (χ3v) is 1.87. The Hall–Kier alpha value is -1.20. The van der Waals surface area contributed by atoms with Crippen LogP contribution in [0.2, 0.25) is 0 Å². The van der Waals surface area contributed by atoms with Crippen LogP contribution in [0.25, 0.3) is 0 Å². The van der Waals surface area contributed by atoms with E-state index >= 15 is 0 Å². The molecule has 82 valence electrons. The second-order valence-electron chi connectivity index (χ2n) is 2.94. The molecule has 2 N–H and O–H groups in total. The molecule has 0 aliphatic carbocycles. The molecule has 1 aromatic rings. The van der Waals surface area contributed by atoms with Crippen molar-refractivity contribution in [1.29, 1.82) is 0 Å². The van der Waals surface area contributed by atoms with Crippen LogP contribution >= 0.6 is 0 Å². The monoisotopic (exact) mass is 210 g/mol. The van der Waals surface area contributed by atoms with Crippen LogP contribution in [0.3, 0.4) is 0 Å². The van der Waals surface area contributed by atoms with Crippen LogP contribution in [0.4, 0.5) is 0 Å². The number of hydrogen-bond acceptors (Lipinski definition) is 4. The van der Waals surface area contributed by atoms with Crippen molar-refractivity contribution in [2.75, 3.05) is 13.2 Å². The van der Waals surface area contributed by atoms with Crippen LogP contribution < -0.4 is 14.9 Å². The number of ether oxygens (including phenoxy) is 2. The van der Waals surface area contributed by atoms with Crippen molar-refractivity contribution in [1.82, 2.24) is 0 Å². The van der Waals surface area contributed by atoms with Gasteiger partial charge in [-0.3, -0.25) is 0 Å². The Labute approximate surface area is 89.6 Å². The van der Waals surface area contributed by atoms with E-state index < -0.39 is 7.12 Å². The maximum Gasteiger partial charge on any atom is 0.492 e. The Morgan fingerprint density at radius 1 is 1.13 bits per heavy atom. The zero-order valence-corrected chi connectivity index (χ0v) is 8.93. The summed E-state index contributed by atoms with van der Waals surface area (Å²) in [5.74, 6) is 1.07. The zero-order chi connectivity index (χ0) is 11.3. The average molecular weight is 210 g/mol. The Bertz CT molecular complexity index is 314. The van der Waals surface area contributed by atoms with E-state index in [0.717, 1.165) is 0 Å². The van der Waals surface area contributed by atoms with Crippen molar-refractivity contribution >= 4 is 12.6 Å². The molecule has 0 saturated heterocycles. The third-order valence-electron chi connectivity index (χ3n) is 1.87. The molecule has 0 heterocycles. The molecule has 0 radical (unpaired) electrons. The molecule has 0 spiro atoms. The van der Waals surface area contributed by atoms with E-state index in [0.29, 0.717) is 30.2 Å². The lowest BCUT2D eigenvalue weighted by Gasteiger charge is -2.11. The topological polar surface area (TPSA) is 58.9 Å². The van der Waals surface area contributed by atoms with Gasteiger partial charge in [0.2, 0.25) is 0 Å². The molecular weight excluding hydrogens is 195 g/mol. The van der Waals surface area contributed by atoms with E-state index in [-0.39, 0.29) is 0 Å². The van der Waals surface area contributed by atoms with Gasteiger partial charge in [-0.2, -0.15) is 0 Å². The van der Waals surface area contributed by atoms with Gasteiger partial charge < -0.3 is 19.5 Å². The van der Waals surface area contributed by atoms with Gasteiger partial charge in [-0.25, -0.2) is 0 Å². The summed E-state index contributed by atoms with van der Waals surface area (Å²) in [7, 11) is -1.55. The molecule has 1 rings (SSSR count). The van der Waals surface area contributed by atoms with Crippen molar-refractivity contribution in [2.24, 2.45) is 0 Å². The molecule has 0 amide bonds. The van der Waals surface area contributed by atoms with Crippen LogP contribution in [0.1, 0.15) is 13.8 Å². The Morgan fingerprint density at radius 3 is 2.33 bits per heavy atom. The summed E-state index contributed by atoms with van der Waals surface area (Å²) in [5.41, 5.74) is 0.322. The minimum absolute atomic E-state index is 0.322. The first kappa shape index (κ1) is 11.9. The summed E-state index contributed by atoms with van der Waals surface area (Å²) in [6.07, 6.45) is 0. The SMILES string of the molecule is CCOc1ccc(OCC)c(B(O)O)c1. The van der Waals surface area contributed by atoms with Crippen molar-refractivity contribution in [3.8, 4) is 11.5 Å². The van der Waals surface area contributed by atoms with E-state index in [9.17, 15) is 0 Å². The molecule has 0 saturated carbocycles. The number of hydrogen-bond donors (Lipinski definition) is 2. The van der Waals surface area contributed by atoms with Crippen LogP contribution in [-0.4, -0.2) is 30.4 Å². The first-order valence-corrected chi connectivity index (χ1v) is 4.94. The summed E-state index contributed by atoms with van der Waals surface area (Å²) in [5, 5.41) is 18.3. The van der Waals surface area contributed by atoms with Gasteiger partial charge in [-0.05, 0) is 32.0 Å². The molecule has 0 aliphatic rings. The lowest BCUT2D eigenvalue weighted by molar-refractivity contribution is 0.330. The molecule has 0 fully saturated rings. The van der Waals surface area contributed by atoms with Gasteiger partial charge in [0.25, 0.3) is 0 Å². The van der Waals surface area contributed by atoms with E-state index in [2.05, 4.69) is 0 Å². The largest absolute Gasteiger partial charge is 0.494 e. The maximum absolute atomic E-state index is 9.14. The zero-order valence-electron chi connectivity index (χ0n) is 8.93. The van der Waals surface area contributed by atoms with Crippen LogP contribution in [0.15, 0.2) is 18.2 Å². The molecule has 0 bridgehead atoms. The Kier molecular flexibility index (Phi) is 4.46. The van der Waals surface area contributed by atoms with Crippen molar-refractivity contribution in [3.05, 3.63) is 18.2 Å². The van der Waals surface area contributed by atoms with Gasteiger partial charge in [0.15, 0.2) is 0 Å². The van der Waals surface area contributed by atoms with Gasteiger partial charge >= 0.3 is 7.12 Å². The molecule has 0 atom stereocenters. The molecule has 0 aliphatic heterocycles. The second kappa shape index (κ2) is 5.63. The molecule has 0 aromatic heterocycles. The van der Waals surface area contributed by atoms with Gasteiger partial charge in [-0.15, -0.1) is 0 Å². The van der Waals surface area contributed by atoms with Gasteiger partial charge in [0.05, 0.1) is 13.2 Å². The summed E-state index contributed by atoms with van der Waals surface area (Å²) in [4.78, 5) is 0. The Balaban J connectivity index is 2.97. The highest BCUT2D eigenvalue weighted by molar-refractivity contribution is 6.59. The smallest absolute Gasteiger partial charge is 0.492 e. The van der Waals surface area contributed by atoms with Gasteiger partial charge in [0.1, 0.15) is 11.5 Å².